The second kappa shape index (κ2) is 65.7. The van der Waals surface area contributed by atoms with Crippen LogP contribution in [0.3, 0.4) is 0 Å². The number of hydrogen-bond acceptors (Lipinski definition) is 7. The Hall–Kier alpha value is -0.800. The molecular formula is C68H134O7. The first-order chi connectivity index (χ1) is 37.1. The van der Waals surface area contributed by atoms with Gasteiger partial charge in [-0.25, -0.2) is 0 Å². The zero-order chi connectivity index (χ0) is 54.3. The normalized spacial score (nSPS) is 13.0. The molecule has 75 heavy (non-hydrogen) atoms. The Morgan fingerprint density at radius 2 is 0.440 bits per heavy atom. The predicted octanol–water partition coefficient (Wildman–Crippen LogP) is 22.4. The van der Waals surface area contributed by atoms with Crippen LogP contribution in [0.25, 0.3) is 0 Å². The van der Waals surface area contributed by atoms with E-state index in [2.05, 4.69) is 65.8 Å². The van der Waals surface area contributed by atoms with E-state index in [1.54, 1.807) is 0 Å². The number of hydrogen-bond donors (Lipinski definition) is 0. The highest BCUT2D eigenvalue weighted by Crippen LogP contribution is 2.19. The van der Waals surface area contributed by atoms with Crippen molar-refractivity contribution in [3.05, 3.63) is 24.3 Å². The molecule has 2 unspecified atom stereocenters. The molecule has 448 valence electrons. The summed E-state index contributed by atoms with van der Waals surface area (Å²) in [4.78, 5) is 0. The summed E-state index contributed by atoms with van der Waals surface area (Å²) in [6.45, 7) is 18.4. The first-order valence-electron chi connectivity index (χ1n) is 33.8. The first kappa shape index (κ1) is 74.2. The fourth-order valence-corrected chi connectivity index (χ4v) is 9.66. The summed E-state index contributed by atoms with van der Waals surface area (Å²) in [7, 11) is 0. The maximum atomic E-state index is 6.54. The Kier molecular flexibility index (Phi) is 65.0. The van der Waals surface area contributed by atoms with Gasteiger partial charge in [0.25, 0.3) is 0 Å². The van der Waals surface area contributed by atoms with Gasteiger partial charge in [-0.05, 0) is 102 Å². The highest BCUT2D eigenvalue weighted by atomic mass is 16.8. The minimum Gasteiger partial charge on any atom is -0.353 e. The van der Waals surface area contributed by atoms with Gasteiger partial charge in [-0.2, -0.15) is 0 Å². The van der Waals surface area contributed by atoms with E-state index in [0.717, 1.165) is 90.6 Å². The molecule has 0 aromatic carbocycles. The summed E-state index contributed by atoms with van der Waals surface area (Å²) < 4.78 is 44.3. The van der Waals surface area contributed by atoms with E-state index in [9.17, 15) is 0 Å². The molecule has 0 aliphatic rings. The van der Waals surface area contributed by atoms with E-state index in [-0.39, 0.29) is 25.2 Å². The molecule has 0 aromatic heterocycles. The standard InChI is InChI=1S/C68H134O7/c1-7-13-19-23-41-51-61-69-65(70-62-52-42-24-20-14-8-2)55-45-37-33-29-27-31-35-39-47-57-67(73-59-49-17-11-5)75-68(74-60-50-18-12-6)58-48-40-36-32-28-30-34-38-46-56-66(71-63-53-43-25-21-15-9-3)72-64-54-44-26-22-16-10-4/h47-48,57-58,65-68H,7-46,49-56,59-64H2,1-6H3. The van der Waals surface area contributed by atoms with E-state index in [1.165, 1.54) is 244 Å². The SMILES string of the molecule is CCCCCCCCOC(CCCCCCCCCC=CC(OCCCCC)OC(C=CCCCCCCCCCC(OCCCCCCCC)OCCCCCCCC)OCCCCC)OCCCCCCCC. The molecule has 0 amide bonds. The number of unbranched alkanes of at least 4 members (excludes halogenated alkanes) is 38. The summed E-state index contributed by atoms with van der Waals surface area (Å²) in [5.74, 6) is 0. The van der Waals surface area contributed by atoms with Crippen LogP contribution in [0.2, 0.25) is 0 Å². The Morgan fingerprint density at radius 3 is 0.733 bits per heavy atom. The molecule has 0 radical (unpaired) electrons. The van der Waals surface area contributed by atoms with Gasteiger partial charge in [0.15, 0.2) is 25.2 Å². The predicted molar refractivity (Wildman–Crippen MR) is 326 cm³/mol. The average molecular weight is 1060 g/mol. The van der Waals surface area contributed by atoms with Crippen LogP contribution in [0.4, 0.5) is 0 Å². The van der Waals surface area contributed by atoms with E-state index in [1.807, 2.05) is 0 Å². The van der Waals surface area contributed by atoms with Crippen LogP contribution < -0.4 is 0 Å². The molecule has 2 atom stereocenters. The molecular weight excluding hydrogens is 929 g/mol. The third-order valence-corrected chi connectivity index (χ3v) is 14.7. The van der Waals surface area contributed by atoms with Gasteiger partial charge in [0.05, 0.1) is 13.2 Å². The molecule has 0 heterocycles. The van der Waals surface area contributed by atoms with Crippen molar-refractivity contribution >= 4 is 0 Å². The Labute approximate surface area is 470 Å². The summed E-state index contributed by atoms with van der Waals surface area (Å²) >= 11 is 0. The molecule has 0 N–H and O–H groups in total. The molecule has 0 saturated heterocycles. The van der Waals surface area contributed by atoms with Crippen LogP contribution in [-0.2, 0) is 33.2 Å². The minimum absolute atomic E-state index is 0.0171. The zero-order valence-electron chi connectivity index (χ0n) is 51.7. The van der Waals surface area contributed by atoms with Gasteiger partial charge in [0, 0.05) is 26.4 Å². The van der Waals surface area contributed by atoms with Crippen molar-refractivity contribution in [2.24, 2.45) is 0 Å². The third kappa shape index (κ3) is 59.2. The van der Waals surface area contributed by atoms with Crippen molar-refractivity contribution in [2.75, 3.05) is 39.6 Å². The first-order valence-corrected chi connectivity index (χ1v) is 33.8. The molecule has 0 fully saturated rings. The van der Waals surface area contributed by atoms with Gasteiger partial charge >= 0.3 is 0 Å². The van der Waals surface area contributed by atoms with Crippen molar-refractivity contribution in [3.8, 4) is 0 Å². The maximum absolute atomic E-state index is 6.54. The molecule has 0 aromatic rings. The second-order valence-electron chi connectivity index (χ2n) is 22.4. The van der Waals surface area contributed by atoms with Gasteiger partial charge in [0.1, 0.15) is 0 Å². The highest BCUT2D eigenvalue weighted by Gasteiger charge is 2.15. The van der Waals surface area contributed by atoms with Crippen LogP contribution >= 0.6 is 0 Å². The molecule has 0 rings (SSSR count). The van der Waals surface area contributed by atoms with Gasteiger partial charge in [-0.3, -0.25) is 0 Å². The smallest absolute Gasteiger partial charge is 0.180 e. The van der Waals surface area contributed by atoms with Crippen molar-refractivity contribution in [1.82, 2.24) is 0 Å². The Balaban J connectivity index is 4.73. The molecule has 7 nitrogen and oxygen atoms in total. The van der Waals surface area contributed by atoms with Crippen LogP contribution in [0.15, 0.2) is 24.3 Å². The molecule has 0 aliphatic heterocycles. The molecule has 0 spiro atoms. The van der Waals surface area contributed by atoms with Crippen LogP contribution in [0, 0.1) is 0 Å². The fourth-order valence-electron chi connectivity index (χ4n) is 9.66. The lowest BCUT2D eigenvalue weighted by Crippen LogP contribution is -2.25. The van der Waals surface area contributed by atoms with E-state index < -0.39 is 0 Å². The quantitative estimate of drug-likeness (QED) is 0.0342. The third-order valence-electron chi connectivity index (χ3n) is 14.7. The minimum atomic E-state index is -0.384. The van der Waals surface area contributed by atoms with Crippen LogP contribution in [0.5, 0.6) is 0 Å². The lowest BCUT2D eigenvalue weighted by Gasteiger charge is -2.21. The van der Waals surface area contributed by atoms with E-state index in [0.29, 0.717) is 13.2 Å². The summed E-state index contributed by atoms with van der Waals surface area (Å²) in [6.07, 6.45) is 68.0. The van der Waals surface area contributed by atoms with Crippen molar-refractivity contribution in [2.45, 2.75) is 375 Å². The summed E-state index contributed by atoms with van der Waals surface area (Å²) in [6, 6.07) is 0. The second-order valence-corrected chi connectivity index (χ2v) is 22.4. The summed E-state index contributed by atoms with van der Waals surface area (Å²) in [5, 5.41) is 0. The monoisotopic (exact) mass is 1060 g/mol. The van der Waals surface area contributed by atoms with Gasteiger partial charge < -0.3 is 33.2 Å². The fraction of sp³-hybridized carbons (Fsp3) is 0.941. The van der Waals surface area contributed by atoms with E-state index >= 15 is 0 Å². The summed E-state index contributed by atoms with van der Waals surface area (Å²) in [5.41, 5.74) is 0. The Bertz CT molecular complexity index is 966. The maximum Gasteiger partial charge on any atom is 0.180 e. The van der Waals surface area contributed by atoms with Crippen LogP contribution in [-0.4, -0.2) is 64.8 Å². The van der Waals surface area contributed by atoms with Crippen LogP contribution in [0.1, 0.15) is 350 Å². The lowest BCUT2D eigenvalue weighted by atomic mass is 10.1. The number of ether oxygens (including phenoxy) is 7. The highest BCUT2D eigenvalue weighted by molar-refractivity contribution is 4.90. The van der Waals surface area contributed by atoms with Gasteiger partial charge in [-0.1, -0.05) is 272 Å². The Morgan fingerprint density at radius 1 is 0.227 bits per heavy atom. The topological polar surface area (TPSA) is 64.6 Å². The average Bonchev–Trinajstić information content (AvgIpc) is 3.42. The molecule has 7 heteroatoms. The van der Waals surface area contributed by atoms with Crippen molar-refractivity contribution in [3.63, 3.8) is 0 Å². The lowest BCUT2D eigenvalue weighted by molar-refractivity contribution is -0.208. The number of rotatable bonds is 66. The van der Waals surface area contributed by atoms with Crippen molar-refractivity contribution < 1.29 is 33.2 Å². The number of allylic oxidation sites excluding steroid dienone is 2. The van der Waals surface area contributed by atoms with Crippen molar-refractivity contribution in [1.29, 1.82) is 0 Å². The van der Waals surface area contributed by atoms with Gasteiger partial charge in [0.2, 0.25) is 0 Å². The van der Waals surface area contributed by atoms with Gasteiger partial charge in [-0.15, -0.1) is 0 Å². The molecule has 0 aliphatic carbocycles. The largest absolute Gasteiger partial charge is 0.353 e. The molecule has 0 saturated carbocycles. The molecule has 0 bridgehead atoms. The van der Waals surface area contributed by atoms with E-state index in [4.69, 9.17) is 33.2 Å². The zero-order valence-corrected chi connectivity index (χ0v) is 51.7.